The molecule has 0 N–H and O–H groups in total. The average molecular weight is 324 g/mol. The van der Waals surface area contributed by atoms with Gasteiger partial charge in [0.25, 0.3) is 0 Å². The molecule has 0 atom stereocenters. The monoisotopic (exact) mass is 324 g/mol. The van der Waals surface area contributed by atoms with E-state index in [1.165, 1.54) is 16.3 Å². The summed E-state index contributed by atoms with van der Waals surface area (Å²) < 4.78 is 15.0. The second kappa shape index (κ2) is 6.22. The van der Waals surface area contributed by atoms with Crippen molar-refractivity contribution in [1.82, 2.24) is 9.88 Å². The Hall–Kier alpha value is -2.04. The largest absolute Gasteiger partial charge is 0.295 e. The van der Waals surface area contributed by atoms with Crippen molar-refractivity contribution in [3.63, 3.8) is 0 Å². The SMILES string of the molecule is Fc1ccccc1CN1CC=C(c2nc3ccccc3s2)CC1. The van der Waals surface area contributed by atoms with Crippen molar-refractivity contribution < 1.29 is 4.39 Å². The Morgan fingerprint density at radius 2 is 1.91 bits per heavy atom. The number of para-hydroxylation sites is 1. The number of hydrogen-bond donors (Lipinski definition) is 0. The molecular weight excluding hydrogens is 307 g/mol. The topological polar surface area (TPSA) is 16.1 Å². The van der Waals surface area contributed by atoms with Gasteiger partial charge in [0.05, 0.1) is 10.2 Å². The number of thiazole rings is 1. The molecule has 0 saturated heterocycles. The first-order chi connectivity index (χ1) is 11.3. The molecule has 116 valence electrons. The van der Waals surface area contributed by atoms with Crippen molar-refractivity contribution >= 4 is 27.1 Å². The van der Waals surface area contributed by atoms with E-state index in [0.29, 0.717) is 6.54 Å². The minimum Gasteiger partial charge on any atom is -0.295 e. The number of hydrogen-bond acceptors (Lipinski definition) is 3. The summed E-state index contributed by atoms with van der Waals surface area (Å²) in [6.45, 7) is 2.45. The van der Waals surface area contributed by atoms with E-state index in [2.05, 4.69) is 29.2 Å². The number of benzene rings is 2. The van der Waals surface area contributed by atoms with Crippen LogP contribution >= 0.6 is 11.3 Å². The Morgan fingerprint density at radius 3 is 2.70 bits per heavy atom. The lowest BCUT2D eigenvalue weighted by Crippen LogP contribution is -2.28. The first kappa shape index (κ1) is 14.5. The molecule has 0 unspecified atom stereocenters. The van der Waals surface area contributed by atoms with Gasteiger partial charge in [-0.05, 0) is 30.2 Å². The third-order valence-corrected chi connectivity index (χ3v) is 5.33. The molecule has 0 aliphatic carbocycles. The normalized spacial score (nSPS) is 15.8. The fraction of sp³-hybridized carbons (Fsp3) is 0.211. The van der Waals surface area contributed by atoms with Gasteiger partial charge >= 0.3 is 0 Å². The van der Waals surface area contributed by atoms with Gasteiger partial charge in [0.15, 0.2) is 0 Å². The third kappa shape index (κ3) is 3.05. The van der Waals surface area contributed by atoms with Crippen LogP contribution in [0.2, 0.25) is 0 Å². The predicted molar refractivity (Wildman–Crippen MR) is 93.9 cm³/mol. The first-order valence-electron chi connectivity index (χ1n) is 7.80. The molecule has 1 aliphatic rings. The lowest BCUT2D eigenvalue weighted by atomic mass is 10.1. The van der Waals surface area contributed by atoms with Crippen molar-refractivity contribution in [1.29, 1.82) is 0 Å². The van der Waals surface area contributed by atoms with Crippen LogP contribution in [0.3, 0.4) is 0 Å². The van der Waals surface area contributed by atoms with Gasteiger partial charge in [-0.2, -0.15) is 0 Å². The molecule has 1 aromatic heterocycles. The van der Waals surface area contributed by atoms with Crippen molar-refractivity contribution in [3.8, 4) is 0 Å². The summed E-state index contributed by atoms with van der Waals surface area (Å²) in [6, 6.07) is 15.3. The molecule has 2 aromatic carbocycles. The van der Waals surface area contributed by atoms with Gasteiger partial charge in [-0.3, -0.25) is 4.90 Å². The van der Waals surface area contributed by atoms with Crippen molar-refractivity contribution in [2.45, 2.75) is 13.0 Å². The molecular formula is C19H17FN2S. The van der Waals surface area contributed by atoms with Gasteiger partial charge in [-0.15, -0.1) is 11.3 Å². The zero-order valence-corrected chi connectivity index (χ0v) is 13.5. The Morgan fingerprint density at radius 1 is 1.09 bits per heavy atom. The van der Waals surface area contributed by atoms with Gasteiger partial charge in [0, 0.05) is 25.2 Å². The Kier molecular flexibility index (Phi) is 3.93. The molecule has 0 saturated carbocycles. The highest BCUT2D eigenvalue weighted by Gasteiger charge is 2.16. The quantitative estimate of drug-likeness (QED) is 0.693. The maximum atomic E-state index is 13.8. The maximum Gasteiger partial charge on any atom is 0.127 e. The molecule has 0 amide bonds. The summed E-state index contributed by atoms with van der Waals surface area (Å²) in [5, 5.41) is 1.12. The molecule has 1 aliphatic heterocycles. The Labute approximate surface area is 138 Å². The lowest BCUT2D eigenvalue weighted by molar-refractivity contribution is 0.289. The summed E-state index contributed by atoms with van der Waals surface area (Å²) in [5.41, 5.74) is 3.16. The smallest absolute Gasteiger partial charge is 0.127 e. The van der Waals surface area contributed by atoms with Gasteiger partial charge in [0.2, 0.25) is 0 Å². The lowest BCUT2D eigenvalue weighted by Gasteiger charge is -2.25. The number of fused-ring (bicyclic) bond motifs is 1. The van der Waals surface area contributed by atoms with E-state index in [-0.39, 0.29) is 5.82 Å². The maximum absolute atomic E-state index is 13.8. The van der Waals surface area contributed by atoms with E-state index in [9.17, 15) is 4.39 Å². The predicted octanol–water partition coefficient (Wildman–Crippen LogP) is 4.72. The summed E-state index contributed by atoms with van der Waals surface area (Å²) in [4.78, 5) is 7.00. The highest BCUT2D eigenvalue weighted by atomic mass is 32.1. The van der Waals surface area contributed by atoms with E-state index < -0.39 is 0 Å². The number of aromatic nitrogens is 1. The Bertz CT molecular complexity index is 835. The van der Waals surface area contributed by atoms with Gasteiger partial charge in [-0.1, -0.05) is 36.4 Å². The fourth-order valence-electron chi connectivity index (χ4n) is 2.93. The van der Waals surface area contributed by atoms with E-state index in [4.69, 9.17) is 4.98 Å². The van der Waals surface area contributed by atoms with Crippen LogP contribution in [0.25, 0.3) is 15.8 Å². The standard InChI is InChI=1S/C19H17FN2S/c20-16-6-2-1-5-15(16)13-22-11-9-14(10-12-22)19-21-17-7-3-4-8-18(17)23-19/h1-9H,10-13H2. The molecule has 2 nitrogen and oxygen atoms in total. The molecule has 0 bridgehead atoms. The van der Waals surface area contributed by atoms with Crippen LogP contribution in [0, 0.1) is 5.82 Å². The van der Waals surface area contributed by atoms with Gasteiger partial charge in [0.1, 0.15) is 10.8 Å². The zero-order valence-electron chi connectivity index (χ0n) is 12.7. The number of rotatable bonds is 3. The van der Waals surface area contributed by atoms with E-state index in [1.54, 1.807) is 17.4 Å². The Balaban J connectivity index is 1.49. The molecule has 0 fully saturated rings. The van der Waals surface area contributed by atoms with Crippen LogP contribution in [0.4, 0.5) is 4.39 Å². The highest BCUT2D eigenvalue weighted by Crippen LogP contribution is 2.30. The van der Waals surface area contributed by atoms with Crippen LogP contribution < -0.4 is 0 Å². The second-order valence-corrected chi connectivity index (χ2v) is 6.82. The zero-order chi connectivity index (χ0) is 15.6. The van der Waals surface area contributed by atoms with Crippen molar-refractivity contribution in [3.05, 3.63) is 71.0 Å². The van der Waals surface area contributed by atoms with Crippen LogP contribution in [0.1, 0.15) is 17.0 Å². The molecule has 4 rings (SSSR count). The average Bonchev–Trinajstić information content (AvgIpc) is 3.02. The van der Waals surface area contributed by atoms with Crippen molar-refractivity contribution in [2.75, 3.05) is 13.1 Å². The van der Waals surface area contributed by atoms with Gasteiger partial charge < -0.3 is 0 Å². The summed E-state index contributed by atoms with van der Waals surface area (Å²) in [5.74, 6) is -0.117. The van der Waals surface area contributed by atoms with Crippen LogP contribution in [-0.4, -0.2) is 23.0 Å². The summed E-state index contributed by atoms with van der Waals surface area (Å²) in [6.07, 6.45) is 3.20. The summed E-state index contributed by atoms with van der Waals surface area (Å²) >= 11 is 1.75. The molecule has 23 heavy (non-hydrogen) atoms. The van der Waals surface area contributed by atoms with Crippen LogP contribution in [0.15, 0.2) is 54.6 Å². The van der Waals surface area contributed by atoms with Crippen molar-refractivity contribution in [2.24, 2.45) is 0 Å². The van der Waals surface area contributed by atoms with Crippen LogP contribution in [-0.2, 0) is 6.54 Å². The van der Waals surface area contributed by atoms with E-state index in [0.717, 1.165) is 35.6 Å². The molecule has 0 radical (unpaired) electrons. The molecule has 0 spiro atoms. The summed E-state index contributed by atoms with van der Waals surface area (Å²) in [7, 11) is 0. The molecule has 2 heterocycles. The number of halogens is 1. The first-order valence-corrected chi connectivity index (χ1v) is 8.62. The van der Waals surface area contributed by atoms with Crippen LogP contribution in [0.5, 0.6) is 0 Å². The third-order valence-electron chi connectivity index (χ3n) is 4.21. The molecule has 3 aromatic rings. The minimum absolute atomic E-state index is 0.117. The fourth-order valence-corrected chi connectivity index (χ4v) is 3.96. The molecule has 4 heteroatoms. The second-order valence-electron chi connectivity index (χ2n) is 5.79. The number of nitrogens with zero attached hydrogens (tertiary/aromatic N) is 2. The minimum atomic E-state index is -0.117. The highest BCUT2D eigenvalue weighted by molar-refractivity contribution is 7.19. The van der Waals surface area contributed by atoms with E-state index >= 15 is 0 Å². The van der Waals surface area contributed by atoms with E-state index in [1.807, 2.05) is 18.2 Å². The van der Waals surface area contributed by atoms with Gasteiger partial charge in [-0.25, -0.2) is 9.37 Å².